The van der Waals surface area contributed by atoms with Gasteiger partial charge in [-0.3, -0.25) is 9.59 Å². The Morgan fingerprint density at radius 3 is 1.67 bits per heavy atom. The van der Waals surface area contributed by atoms with Gasteiger partial charge in [-0.05, 0) is 228 Å². The van der Waals surface area contributed by atoms with E-state index in [-0.39, 0.29) is 91.4 Å². The lowest BCUT2D eigenvalue weighted by atomic mass is 9.63. The predicted octanol–water partition coefficient (Wildman–Crippen LogP) is 15.4. The number of benzene rings is 6. The Morgan fingerprint density at radius 2 is 1.06 bits per heavy atom. The van der Waals surface area contributed by atoms with E-state index >= 15 is 52.7 Å². The molecule has 20 rings (SSSR count). The van der Waals surface area contributed by atoms with Crippen LogP contribution in [0.25, 0.3) is 70.6 Å². The van der Waals surface area contributed by atoms with Crippen LogP contribution in [0.5, 0.6) is 0 Å². The van der Waals surface area contributed by atoms with Crippen LogP contribution < -0.4 is 10.4 Å². The van der Waals surface area contributed by atoms with Crippen molar-refractivity contribution < 1.29 is 71.7 Å². The second kappa shape index (κ2) is 13.7. The fraction of sp³-hybridized carbons (Fsp3) is 0.324. The Bertz CT molecular complexity index is 4970. The van der Waals surface area contributed by atoms with Gasteiger partial charge in [0.25, 0.3) is 0 Å². The maximum absolute atomic E-state index is 15.2. The van der Waals surface area contributed by atoms with Gasteiger partial charge in [0.05, 0.1) is 36.5 Å². The second-order valence-electron chi connectivity index (χ2n) is 25.7. The molecule has 16 heteroatoms. The summed E-state index contributed by atoms with van der Waals surface area (Å²) < 4.78 is 192. The average molecular weight is 1150 g/mol. The van der Waals surface area contributed by atoms with E-state index < -0.39 is 87.5 Å². The topological polar surface area (TPSA) is 52.6 Å². The number of halogens is 12. The Balaban J connectivity index is 0.920. The molecule has 418 valence electrons. The summed E-state index contributed by atoms with van der Waals surface area (Å²) in [6.07, 6.45) is -16.5. The van der Waals surface area contributed by atoms with Crippen LogP contribution >= 0.6 is 0 Å². The van der Waals surface area contributed by atoms with Gasteiger partial charge in [0.1, 0.15) is 0 Å². The van der Waals surface area contributed by atoms with Crippen LogP contribution in [0.15, 0.2) is 112 Å². The molecule has 4 nitrogen and oxygen atoms in total. The van der Waals surface area contributed by atoms with Crippen molar-refractivity contribution in [2.75, 3.05) is 14.2 Å². The Labute approximate surface area is 466 Å². The van der Waals surface area contributed by atoms with E-state index in [1.54, 1.807) is 0 Å². The molecule has 0 saturated heterocycles. The summed E-state index contributed by atoms with van der Waals surface area (Å²) in [5.74, 6) is -4.04. The van der Waals surface area contributed by atoms with Crippen molar-refractivity contribution in [3.8, 4) is 0 Å². The summed E-state index contributed by atoms with van der Waals surface area (Å²) in [5, 5.41) is 12.5. The summed E-state index contributed by atoms with van der Waals surface area (Å²) in [5.41, 5.74) is 4.26. The first-order valence-corrected chi connectivity index (χ1v) is 28.5. The summed E-state index contributed by atoms with van der Waals surface area (Å²) in [7, 11) is 2.45. The molecule has 12 aliphatic carbocycles. The van der Waals surface area contributed by atoms with Crippen LogP contribution in [0.4, 0.5) is 52.7 Å². The van der Waals surface area contributed by atoms with Crippen molar-refractivity contribution in [2.24, 2.45) is 29.6 Å². The lowest BCUT2D eigenvalue weighted by Gasteiger charge is -2.39. The first-order chi connectivity index (χ1) is 40.0. The number of carbonyl (C=O) groups excluding carboxylic acids is 2. The number of hydrogen-bond donors (Lipinski definition) is 0. The fourth-order valence-electron chi connectivity index (χ4n) is 21.0. The van der Waals surface area contributed by atoms with Gasteiger partial charge in [0.15, 0.2) is 0 Å². The monoisotopic (exact) mass is 1150 g/mol. The summed E-state index contributed by atoms with van der Waals surface area (Å²) in [4.78, 5) is 25.9. The number of rotatable bonds is 10. The highest BCUT2D eigenvalue weighted by Gasteiger charge is 2.75. The molecular formula is C68H38F12O4. The minimum Gasteiger partial charge on any atom is -0.469 e. The number of carbonyl (C=O) groups is 2. The summed E-state index contributed by atoms with van der Waals surface area (Å²) in [6, 6.07) is 12.2. The molecule has 0 aromatic heterocycles. The third kappa shape index (κ3) is 4.78. The fourth-order valence-corrected chi connectivity index (χ4v) is 21.0. The third-order valence-electron chi connectivity index (χ3n) is 23.1. The van der Waals surface area contributed by atoms with E-state index in [4.69, 9.17) is 9.47 Å². The molecule has 8 aromatic carbocycles. The normalized spacial score (nSPS) is 29.5. The van der Waals surface area contributed by atoms with E-state index in [2.05, 4.69) is 36.4 Å². The zero-order valence-electron chi connectivity index (χ0n) is 44.0. The Hall–Kier alpha value is -7.62. The lowest BCUT2D eigenvalue weighted by molar-refractivity contribution is -0.144. The Morgan fingerprint density at radius 1 is 0.500 bits per heavy atom. The molecule has 12 aliphatic rings. The van der Waals surface area contributed by atoms with Crippen LogP contribution in [0.3, 0.4) is 0 Å². The standard InChI is InChI=1S/C68H38F12O4/c1-83-33(81)5-3-13-63(21-15-23(65(69,70)71)19-24(16-21)66(72,73)74)59-41-29-9-7-27-28-8-10-30-38-36(28)45-35(27)37(29)46-50(41)52-43(61(59)63)31-11-12-32-40-39(31)48(52)57-55(46)54(45)56-47(38)51-42(30)60-62(44(32)53(51)49(40)58(56)57)64(60,14-4-6-34(82)84-2)22-17-25(67(75,76)77)20-26(18-22)68(78,79)80/h7-12,15-20,31,39,41,43,50-53H,3-6,13-14H2,1-2H3. The van der Waals surface area contributed by atoms with Gasteiger partial charge in [0.2, 0.25) is 0 Å². The van der Waals surface area contributed by atoms with Gasteiger partial charge in [-0.1, -0.05) is 42.0 Å². The number of alkyl halides is 12. The molecule has 1 fully saturated rings. The molecule has 0 N–H and O–H groups in total. The minimum absolute atomic E-state index is 0.000591. The van der Waals surface area contributed by atoms with E-state index in [0.29, 0.717) is 11.1 Å². The Kier molecular flexibility index (Phi) is 7.79. The van der Waals surface area contributed by atoms with Crippen LogP contribution in [-0.4, -0.2) is 26.2 Å². The van der Waals surface area contributed by atoms with E-state index in [1.165, 1.54) is 19.8 Å². The van der Waals surface area contributed by atoms with Crippen molar-refractivity contribution >= 4 is 82.5 Å². The van der Waals surface area contributed by atoms with Crippen molar-refractivity contribution in [3.63, 3.8) is 0 Å². The largest absolute Gasteiger partial charge is 0.469 e. The van der Waals surface area contributed by atoms with E-state index in [1.807, 2.05) is 0 Å². The van der Waals surface area contributed by atoms with E-state index in [9.17, 15) is 9.59 Å². The smallest absolute Gasteiger partial charge is 0.416 e. The average Bonchev–Trinajstić information content (AvgIpc) is 1.42. The van der Waals surface area contributed by atoms with Gasteiger partial charge in [-0.15, -0.1) is 0 Å². The molecule has 0 radical (unpaired) electrons. The second-order valence-corrected chi connectivity index (χ2v) is 25.7. The highest BCUT2D eigenvalue weighted by molar-refractivity contribution is 6.47. The molecular weight excluding hydrogens is 1110 g/mol. The number of ether oxygens (including phenoxy) is 2. The minimum atomic E-state index is -5.16. The zero-order chi connectivity index (χ0) is 57.4. The van der Waals surface area contributed by atoms with Crippen molar-refractivity contribution in [1.82, 2.24) is 0 Å². The highest BCUT2D eigenvalue weighted by Crippen LogP contribution is 2.85. The molecule has 0 aliphatic heterocycles. The molecule has 0 heterocycles. The zero-order valence-corrected chi connectivity index (χ0v) is 44.0. The quantitative estimate of drug-likeness (QED) is 0.0593. The van der Waals surface area contributed by atoms with Gasteiger partial charge in [0, 0.05) is 53.3 Å². The van der Waals surface area contributed by atoms with E-state index in [0.717, 1.165) is 150 Å². The van der Waals surface area contributed by atoms with Crippen molar-refractivity contribution in [3.05, 3.63) is 178 Å². The van der Waals surface area contributed by atoms with Gasteiger partial charge < -0.3 is 9.47 Å². The predicted molar refractivity (Wildman–Crippen MR) is 284 cm³/mol. The molecule has 10 atom stereocenters. The molecule has 0 bridgehead atoms. The van der Waals surface area contributed by atoms with Crippen LogP contribution in [0.1, 0.15) is 112 Å². The van der Waals surface area contributed by atoms with Gasteiger partial charge >= 0.3 is 36.6 Å². The number of methoxy groups -OCH3 is 2. The summed E-state index contributed by atoms with van der Waals surface area (Å²) >= 11 is 0. The van der Waals surface area contributed by atoms with Crippen molar-refractivity contribution in [2.45, 2.75) is 91.8 Å². The maximum atomic E-state index is 15.2. The van der Waals surface area contributed by atoms with Gasteiger partial charge in [-0.25, -0.2) is 0 Å². The SMILES string of the molecule is COC(=O)CCCC1(c2cc(C(F)(F)F)cc(C(F)(F)F)c2)C2=C1C1=c3ccc4c5ccc6c7c8c9c%10c%11c%12c(c3c4c(c%129)c75)C1C1C2=C2C=CC3C(C2=C%111)C=%10C1C3C2=C(C6C81)C2(CCCC(=O)OC)c1cc(C(F)(F)F)cc(C(F)(F)F)c1. The first kappa shape index (κ1) is 47.7. The van der Waals surface area contributed by atoms with Crippen LogP contribution in [0.2, 0.25) is 0 Å². The number of esters is 2. The molecule has 0 amide bonds. The molecule has 10 unspecified atom stereocenters. The maximum Gasteiger partial charge on any atom is 0.416 e. The molecule has 1 saturated carbocycles. The lowest BCUT2D eigenvalue weighted by Crippen LogP contribution is -2.34. The van der Waals surface area contributed by atoms with Gasteiger partial charge in [-0.2, -0.15) is 52.7 Å². The molecule has 8 aromatic rings. The number of hydrogen-bond acceptors (Lipinski definition) is 4. The molecule has 84 heavy (non-hydrogen) atoms. The molecule has 0 spiro atoms. The third-order valence-corrected chi connectivity index (χ3v) is 23.1. The first-order valence-electron chi connectivity index (χ1n) is 28.5. The van der Waals surface area contributed by atoms with Crippen LogP contribution in [0, 0.1) is 29.6 Å². The van der Waals surface area contributed by atoms with Crippen LogP contribution in [-0.2, 0) is 54.6 Å². The summed E-state index contributed by atoms with van der Waals surface area (Å²) in [6.45, 7) is 0. The number of allylic oxidation sites excluding steroid dienone is 10. The van der Waals surface area contributed by atoms with Crippen molar-refractivity contribution in [1.29, 1.82) is 0 Å². The highest BCUT2D eigenvalue weighted by atomic mass is 19.4. The number of fused-ring (bicyclic) bond motifs is 7.